The summed E-state index contributed by atoms with van der Waals surface area (Å²) in [6, 6.07) is 19.6. The van der Waals surface area contributed by atoms with Crippen molar-refractivity contribution in [3.05, 3.63) is 83.4 Å². The summed E-state index contributed by atoms with van der Waals surface area (Å²) in [5, 5.41) is 11.8. The van der Waals surface area contributed by atoms with E-state index in [1.54, 1.807) is 30.3 Å². The van der Waals surface area contributed by atoms with E-state index in [9.17, 15) is 0 Å². The summed E-state index contributed by atoms with van der Waals surface area (Å²) in [6.45, 7) is 2.21. The van der Waals surface area contributed by atoms with Crippen LogP contribution in [0, 0.1) is 23.0 Å². The molecule has 0 spiro atoms. The number of fused-ring (bicyclic) bond motifs is 3. The maximum atomic E-state index is 15.4. The number of unbranched alkanes of at least 4 members (excludes halogenated alkanes) is 4. The first-order valence-corrected chi connectivity index (χ1v) is 11.0. The Bertz CT molecular complexity index is 1270. The Labute approximate surface area is 181 Å². The zero-order chi connectivity index (χ0) is 21.8. The molecule has 31 heavy (non-hydrogen) atoms. The van der Waals surface area contributed by atoms with E-state index in [-0.39, 0.29) is 5.56 Å². The van der Waals surface area contributed by atoms with Gasteiger partial charge in [-0.1, -0.05) is 75.1 Å². The second-order valence-corrected chi connectivity index (χ2v) is 8.12. The molecule has 0 saturated heterocycles. The highest BCUT2D eigenvalue weighted by molar-refractivity contribution is 6.09. The Morgan fingerprint density at radius 2 is 1.52 bits per heavy atom. The quantitative estimate of drug-likeness (QED) is 0.221. The first-order valence-electron chi connectivity index (χ1n) is 11.0. The highest BCUT2D eigenvalue weighted by Gasteiger charge is 2.17. The third-order valence-corrected chi connectivity index (χ3v) is 5.96. The molecule has 0 unspecified atom stereocenters. The van der Waals surface area contributed by atoms with Gasteiger partial charge < -0.3 is 0 Å². The van der Waals surface area contributed by atoms with E-state index in [4.69, 9.17) is 5.26 Å². The Morgan fingerprint density at radius 3 is 2.26 bits per heavy atom. The van der Waals surface area contributed by atoms with Crippen LogP contribution in [-0.2, 0) is 6.42 Å². The lowest BCUT2D eigenvalue weighted by atomic mass is 9.94. The minimum absolute atomic E-state index is 0.0555. The van der Waals surface area contributed by atoms with Gasteiger partial charge in [0.25, 0.3) is 0 Å². The zero-order valence-corrected chi connectivity index (χ0v) is 17.7. The second-order valence-electron chi connectivity index (χ2n) is 8.12. The lowest BCUT2D eigenvalue weighted by Crippen LogP contribution is -1.94. The average Bonchev–Trinajstić information content (AvgIpc) is 2.79. The van der Waals surface area contributed by atoms with Crippen LogP contribution in [0.15, 0.2) is 60.7 Å². The molecule has 0 aliphatic heterocycles. The maximum absolute atomic E-state index is 15.4. The molecule has 1 nitrogen and oxygen atoms in total. The van der Waals surface area contributed by atoms with E-state index in [0.717, 1.165) is 23.6 Å². The first-order chi connectivity index (χ1) is 15.1. The number of hydrogen-bond acceptors (Lipinski definition) is 1. The fraction of sp³-hybridized carbons (Fsp3) is 0.250. The third-order valence-electron chi connectivity index (χ3n) is 5.96. The van der Waals surface area contributed by atoms with Crippen molar-refractivity contribution in [2.75, 3.05) is 0 Å². The predicted molar refractivity (Wildman–Crippen MR) is 124 cm³/mol. The van der Waals surface area contributed by atoms with Gasteiger partial charge in [-0.3, -0.25) is 0 Å². The van der Waals surface area contributed by atoms with Gasteiger partial charge in [0.05, 0.1) is 17.2 Å². The van der Waals surface area contributed by atoms with E-state index < -0.39 is 11.6 Å². The van der Waals surface area contributed by atoms with Gasteiger partial charge in [-0.05, 0) is 58.3 Å². The monoisotopic (exact) mass is 413 g/mol. The number of rotatable bonds is 7. The maximum Gasteiger partial charge on any atom is 0.141 e. The highest BCUT2D eigenvalue weighted by Crippen LogP contribution is 2.35. The van der Waals surface area contributed by atoms with Crippen LogP contribution < -0.4 is 0 Å². The average molecular weight is 414 g/mol. The minimum Gasteiger partial charge on any atom is -0.206 e. The molecule has 0 atom stereocenters. The zero-order valence-electron chi connectivity index (χ0n) is 17.7. The molecule has 0 N–H and O–H groups in total. The van der Waals surface area contributed by atoms with Crippen molar-refractivity contribution in [2.45, 2.75) is 45.4 Å². The number of aryl methyl sites for hydroxylation is 1. The molecule has 4 aromatic carbocycles. The van der Waals surface area contributed by atoms with E-state index in [1.165, 1.54) is 37.3 Å². The van der Waals surface area contributed by atoms with E-state index in [0.29, 0.717) is 21.9 Å². The van der Waals surface area contributed by atoms with Crippen LogP contribution in [0.5, 0.6) is 0 Å². The fourth-order valence-corrected chi connectivity index (χ4v) is 4.25. The summed E-state index contributed by atoms with van der Waals surface area (Å²) < 4.78 is 30.4. The minimum atomic E-state index is -0.595. The van der Waals surface area contributed by atoms with E-state index in [2.05, 4.69) is 19.1 Å². The van der Waals surface area contributed by atoms with Crippen molar-refractivity contribution < 1.29 is 8.78 Å². The van der Waals surface area contributed by atoms with Crippen LogP contribution in [0.1, 0.15) is 50.2 Å². The molecule has 4 rings (SSSR count). The van der Waals surface area contributed by atoms with Crippen LogP contribution in [0.25, 0.3) is 32.7 Å². The Morgan fingerprint density at radius 1 is 0.774 bits per heavy atom. The van der Waals surface area contributed by atoms with Gasteiger partial charge in [0.2, 0.25) is 0 Å². The lowest BCUT2D eigenvalue weighted by Gasteiger charge is -2.12. The van der Waals surface area contributed by atoms with Gasteiger partial charge in [-0.15, -0.1) is 0 Å². The van der Waals surface area contributed by atoms with E-state index in [1.807, 2.05) is 18.2 Å². The van der Waals surface area contributed by atoms with E-state index >= 15 is 8.78 Å². The highest BCUT2D eigenvalue weighted by atomic mass is 19.1. The molecule has 0 aromatic heterocycles. The SMILES string of the molecule is CCCCCCCc1ccc2c(ccc3c(F)c(-c4ccc(C#N)cc4)c(F)cc32)c1. The lowest BCUT2D eigenvalue weighted by molar-refractivity contribution is 0.598. The topological polar surface area (TPSA) is 23.8 Å². The third kappa shape index (κ3) is 4.30. The van der Waals surface area contributed by atoms with Crippen molar-refractivity contribution in [3.8, 4) is 17.2 Å². The summed E-state index contributed by atoms with van der Waals surface area (Å²) >= 11 is 0. The number of benzene rings is 4. The second kappa shape index (κ2) is 9.27. The molecule has 0 aliphatic rings. The summed E-state index contributed by atoms with van der Waals surface area (Å²) in [4.78, 5) is 0. The van der Waals surface area contributed by atoms with Crippen molar-refractivity contribution in [3.63, 3.8) is 0 Å². The molecule has 3 heteroatoms. The van der Waals surface area contributed by atoms with Crippen LogP contribution >= 0.6 is 0 Å². The Balaban J connectivity index is 1.70. The molecule has 0 radical (unpaired) electrons. The predicted octanol–water partition coefficient (Wildman–Crippen LogP) is 8.32. The Hall–Kier alpha value is -3.25. The number of hydrogen-bond donors (Lipinski definition) is 0. The summed E-state index contributed by atoms with van der Waals surface area (Å²) in [6.07, 6.45) is 7.22. The van der Waals surface area contributed by atoms with Gasteiger partial charge >= 0.3 is 0 Å². The number of nitrogens with zero attached hydrogens (tertiary/aromatic N) is 1. The molecule has 0 amide bonds. The molecule has 0 fully saturated rings. The van der Waals surface area contributed by atoms with Gasteiger partial charge in [0, 0.05) is 5.39 Å². The normalized spacial score (nSPS) is 11.2. The standard InChI is InChI=1S/C28H25F2N/c1-2-3-4-5-6-7-19-10-14-23-22(16-19)13-15-24-25(23)17-26(29)27(28(24)30)21-11-8-20(18-31)9-12-21/h8-17H,2-7H2,1H3. The van der Waals surface area contributed by atoms with Crippen molar-refractivity contribution in [2.24, 2.45) is 0 Å². The van der Waals surface area contributed by atoms with Gasteiger partial charge in [0.1, 0.15) is 11.6 Å². The largest absolute Gasteiger partial charge is 0.206 e. The molecule has 0 heterocycles. The Kier molecular flexibility index (Phi) is 6.28. The molecule has 4 aromatic rings. The van der Waals surface area contributed by atoms with Crippen molar-refractivity contribution in [1.82, 2.24) is 0 Å². The molecule has 0 aliphatic carbocycles. The number of halogens is 2. The first kappa shape index (κ1) is 21.0. The van der Waals surface area contributed by atoms with Gasteiger partial charge in [-0.2, -0.15) is 5.26 Å². The summed E-state index contributed by atoms with van der Waals surface area (Å²) in [5.41, 5.74) is 2.09. The van der Waals surface area contributed by atoms with Gasteiger partial charge in [-0.25, -0.2) is 8.78 Å². The summed E-state index contributed by atoms with van der Waals surface area (Å²) in [5.74, 6) is -1.16. The molecular formula is C28H25F2N. The number of nitriles is 1. The van der Waals surface area contributed by atoms with Gasteiger partial charge in [0.15, 0.2) is 0 Å². The fourth-order valence-electron chi connectivity index (χ4n) is 4.25. The van der Waals surface area contributed by atoms with Crippen LogP contribution in [-0.4, -0.2) is 0 Å². The van der Waals surface area contributed by atoms with Crippen LogP contribution in [0.4, 0.5) is 8.78 Å². The molecule has 0 saturated carbocycles. The molecular weight excluding hydrogens is 388 g/mol. The summed E-state index contributed by atoms with van der Waals surface area (Å²) in [7, 11) is 0. The van der Waals surface area contributed by atoms with Crippen LogP contribution in [0.3, 0.4) is 0 Å². The smallest absolute Gasteiger partial charge is 0.141 e. The molecule has 0 bridgehead atoms. The molecule has 156 valence electrons. The van der Waals surface area contributed by atoms with Crippen LogP contribution in [0.2, 0.25) is 0 Å². The van der Waals surface area contributed by atoms with Crippen molar-refractivity contribution in [1.29, 1.82) is 5.26 Å². The van der Waals surface area contributed by atoms with Crippen molar-refractivity contribution >= 4 is 21.5 Å².